The van der Waals surface area contributed by atoms with Crippen molar-refractivity contribution in [3.63, 3.8) is 0 Å². The van der Waals surface area contributed by atoms with Crippen molar-refractivity contribution in [3.05, 3.63) is 89.6 Å². The summed E-state index contributed by atoms with van der Waals surface area (Å²) in [5, 5.41) is 0. The zero-order valence-electron chi connectivity index (χ0n) is 19.9. The Morgan fingerprint density at radius 2 is 1.51 bits per heavy atom. The molecule has 0 saturated carbocycles. The fraction of sp³-hybridized carbons (Fsp3) is 0.296. The highest BCUT2D eigenvalue weighted by Gasteiger charge is 2.37. The van der Waals surface area contributed by atoms with Crippen molar-refractivity contribution in [1.29, 1.82) is 0 Å². The Morgan fingerprint density at radius 3 is 2.16 bits per heavy atom. The fourth-order valence-electron chi connectivity index (χ4n) is 4.51. The Hall–Kier alpha value is -3.92. The first-order chi connectivity index (χ1) is 17.8. The van der Waals surface area contributed by atoms with Crippen LogP contribution >= 0.6 is 0 Å². The molecule has 2 fully saturated rings. The predicted octanol–water partition coefficient (Wildman–Crippen LogP) is 4.18. The van der Waals surface area contributed by atoms with Gasteiger partial charge in [0.2, 0.25) is 5.88 Å². The van der Waals surface area contributed by atoms with Crippen molar-refractivity contribution >= 4 is 11.8 Å². The molecule has 2 aromatic carbocycles. The first-order valence-corrected chi connectivity index (χ1v) is 12.0. The molecule has 7 nitrogen and oxygen atoms in total. The minimum atomic E-state index is -4.47. The molecule has 3 aromatic rings. The summed E-state index contributed by atoms with van der Waals surface area (Å²) in [6, 6.07) is 17.0. The minimum absolute atomic E-state index is 0.0116. The highest BCUT2D eigenvalue weighted by atomic mass is 19.4. The number of nitrogens with zero attached hydrogens (tertiary/aromatic N) is 4. The van der Waals surface area contributed by atoms with Crippen LogP contribution in [0.3, 0.4) is 0 Å². The third-order valence-corrected chi connectivity index (χ3v) is 6.66. The number of rotatable bonds is 5. The first kappa shape index (κ1) is 24.8. The van der Waals surface area contributed by atoms with Crippen LogP contribution in [0.1, 0.15) is 26.3 Å². The predicted molar refractivity (Wildman–Crippen MR) is 129 cm³/mol. The largest absolute Gasteiger partial charge is 0.439 e. The van der Waals surface area contributed by atoms with Gasteiger partial charge in [-0.1, -0.05) is 24.3 Å². The van der Waals surface area contributed by atoms with Gasteiger partial charge in [0, 0.05) is 63.1 Å². The molecule has 2 saturated heterocycles. The van der Waals surface area contributed by atoms with Crippen molar-refractivity contribution in [2.75, 3.05) is 39.3 Å². The highest BCUT2D eigenvalue weighted by Crippen LogP contribution is 2.32. The molecule has 0 N–H and O–H groups in total. The lowest BCUT2D eigenvalue weighted by Gasteiger charge is -2.48. The number of likely N-dealkylation sites (tertiary alicyclic amines) is 1. The summed E-state index contributed by atoms with van der Waals surface area (Å²) >= 11 is 0. The molecule has 0 radical (unpaired) electrons. The Bertz CT molecular complexity index is 1250. The van der Waals surface area contributed by atoms with E-state index in [1.54, 1.807) is 11.0 Å². The van der Waals surface area contributed by atoms with Gasteiger partial charge in [-0.2, -0.15) is 13.2 Å². The molecule has 3 heterocycles. The van der Waals surface area contributed by atoms with Crippen LogP contribution in [-0.2, 0) is 6.18 Å². The van der Waals surface area contributed by atoms with E-state index in [1.165, 1.54) is 24.4 Å². The Kier molecular flexibility index (Phi) is 6.84. The fourth-order valence-corrected chi connectivity index (χ4v) is 4.51. The number of pyridine rings is 1. The van der Waals surface area contributed by atoms with Gasteiger partial charge >= 0.3 is 6.18 Å². The van der Waals surface area contributed by atoms with Gasteiger partial charge in [0.25, 0.3) is 11.8 Å². The maximum Gasteiger partial charge on any atom is 0.416 e. The Morgan fingerprint density at radius 1 is 0.811 bits per heavy atom. The maximum absolute atomic E-state index is 12.9. The molecular formula is C27H25F3N4O3. The van der Waals surface area contributed by atoms with Crippen LogP contribution in [-0.4, -0.2) is 76.8 Å². The summed E-state index contributed by atoms with van der Waals surface area (Å²) in [5.74, 6) is -0.0104. The number of benzene rings is 2. The summed E-state index contributed by atoms with van der Waals surface area (Å²) in [6.07, 6.45) is -3.10. The molecule has 1 aromatic heterocycles. The van der Waals surface area contributed by atoms with Gasteiger partial charge in [0.15, 0.2) is 0 Å². The number of amides is 2. The molecule has 0 atom stereocenters. The average molecular weight is 511 g/mol. The summed E-state index contributed by atoms with van der Waals surface area (Å²) < 4.78 is 44.1. The normalized spacial score (nSPS) is 16.8. The summed E-state index contributed by atoms with van der Waals surface area (Å²) in [4.78, 5) is 35.5. The minimum Gasteiger partial charge on any atom is -0.439 e. The van der Waals surface area contributed by atoms with Crippen LogP contribution in [0.2, 0.25) is 0 Å². The van der Waals surface area contributed by atoms with Crippen LogP contribution in [0.5, 0.6) is 11.6 Å². The molecule has 0 unspecified atom stereocenters. The maximum atomic E-state index is 12.9. The number of halogens is 3. The van der Waals surface area contributed by atoms with E-state index in [-0.39, 0.29) is 29.5 Å². The molecule has 0 aliphatic carbocycles. The van der Waals surface area contributed by atoms with Gasteiger partial charge < -0.3 is 14.5 Å². The van der Waals surface area contributed by atoms with Crippen molar-refractivity contribution in [1.82, 2.24) is 19.7 Å². The second kappa shape index (κ2) is 10.2. The third-order valence-electron chi connectivity index (χ3n) is 6.66. The van der Waals surface area contributed by atoms with Gasteiger partial charge in [-0.25, -0.2) is 4.98 Å². The number of alkyl halides is 3. The lowest BCUT2D eigenvalue weighted by Crippen LogP contribution is -2.64. The van der Waals surface area contributed by atoms with Crippen molar-refractivity contribution in [2.24, 2.45) is 0 Å². The molecule has 0 bridgehead atoms. The second-order valence-corrected chi connectivity index (χ2v) is 9.07. The topological polar surface area (TPSA) is 66.0 Å². The SMILES string of the molecule is O=C(c1ccccc1)N1CCN(C2CN(C(=O)c3ccc(Oc4cccc(C(F)(F)F)c4)nc3)C2)CC1. The zero-order valence-corrected chi connectivity index (χ0v) is 19.9. The number of carbonyl (C=O) groups is 2. The van der Waals surface area contributed by atoms with E-state index in [2.05, 4.69) is 9.88 Å². The van der Waals surface area contributed by atoms with Crippen LogP contribution in [0.15, 0.2) is 72.9 Å². The van der Waals surface area contributed by atoms with Gasteiger partial charge in [-0.3, -0.25) is 14.5 Å². The van der Waals surface area contributed by atoms with E-state index >= 15 is 0 Å². The van der Waals surface area contributed by atoms with Crippen molar-refractivity contribution < 1.29 is 27.5 Å². The number of carbonyl (C=O) groups excluding carboxylic acids is 2. The molecule has 2 aliphatic heterocycles. The first-order valence-electron chi connectivity index (χ1n) is 12.0. The summed E-state index contributed by atoms with van der Waals surface area (Å²) in [5.41, 5.74) is 0.262. The van der Waals surface area contributed by atoms with Gasteiger partial charge in [-0.15, -0.1) is 0 Å². The van der Waals surface area contributed by atoms with E-state index < -0.39 is 11.7 Å². The summed E-state index contributed by atoms with van der Waals surface area (Å²) in [6.45, 7) is 4.00. The zero-order chi connectivity index (χ0) is 26.0. The second-order valence-electron chi connectivity index (χ2n) is 9.07. The Balaban J connectivity index is 1.10. The van der Waals surface area contributed by atoms with Crippen LogP contribution < -0.4 is 4.74 Å². The van der Waals surface area contributed by atoms with Gasteiger partial charge in [-0.05, 0) is 36.4 Å². The van der Waals surface area contributed by atoms with Crippen LogP contribution in [0, 0.1) is 0 Å². The summed E-state index contributed by atoms with van der Waals surface area (Å²) in [7, 11) is 0. The van der Waals surface area contributed by atoms with Crippen molar-refractivity contribution in [3.8, 4) is 11.6 Å². The van der Waals surface area contributed by atoms with E-state index in [0.717, 1.165) is 25.2 Å². The number of piperazine rings is 1. The smallest absolute Gasteiger partial charge is 0.416 e. The molecule has 37 heavy (non-hydrogen) atoms. The average Bonchev–Trinajstić information content (AvgIpc) is 2.88. The van der Waals surface area contributed by atoms with Gasteiger partial charge in [0.05, 0.1) is 11.1 Å². The molecule has 10 heteroatoms. The molecule has 0 spiro atoms. The molecule has 2 aliphatic rings. The van der Waals surface area contributed by atoms with E-state index in [4.69, 9.17) is 4.74 Å². The monoisotopic (exact) mass is 510 g/mol. The lowest BCUT2D eigenvalue weighted by atomic mass is 10.0. The highest BCUT2D eigenvalue weighted by molar-refractivity contribution is 5.95. The third kappa shape index (κ3) is 5.59. The van der Waals surface area contributed by atoms with Crippen molar-refractivity contribution in [2.45, 2.75) is 12.2 Å². The number of aromatic nitrogens is 1. The lowest BCUT2D eigenvalue weighted by molar-refractivity contribution is -0.137. The van der Waals surface area contributed by atoms with Crippen LogP contribution in [0.4, 0.5) is 13.2 Å². The van der Waals surface area contributed by atoms with E-state index in [1.807, 2.05) is 35.2 Å². The number of hydrogen-bond donors (Lipinski definition) is 0. The number of ether oxygens (including phenoxy) is 1. The van der Waals surface area contributed by atoms with Gasteiger partial charge in [0.1, 0.15) is 5.75 Å². The van der Waals surface area contributed by atoms with E-state index in [0.29, 0.717) is 37.3 Å². The Labute approximate surface area is 212 Å². The van der Waals surface area contributed by atoms with Crippen LogP contribution in [0.25, 0.3) is 0 Å². The molecule has 192 valence electrons. The quantitative estimate of drug-likeness (QED) is 0.516. The van der Waals surface area contributed by atoms with E-state index in [9.17, 15) is 22.8 Å². The molecule has 5 rings (SSSR count). The number of hydrogen-bond acceptors (Lipinski definition) is 5. The molecular weight excluding hydrogens is 485 g/mol. The standard InChI is InChI=1S/C27H25F3N4O3/c28-27(29,30)21-7-4-8-23(15-21)37-24-10-9-20(16-31-24)26(36)34-17-22(18-34)32-11-13-33(14-12-32)25(35)19-5-2-1-3-6-19/h1-10,15-16,22H,11-14,17-18H2. The molecule has 2 amide bonds.